The van der Waals surface area contributed by atoms with Gasteiger partial charge in [0, 0.05) is 17.4 Å². The van der Waals surface area contributed by atoms with Gasteiger partial charge in [0.05, 0.1) is 16.6 Å². The topological polar surface area (TPSA) is 72.2 Å². The summed E-state index contributed by atoms with van der Waals surface area (Å²) in [5, 5.41) is 13.0. The molecule has 5 nitrogen and oxygen atoms in total. The molecule has 0 saturated carbocycles. The second-order valence-electron chi connectivity index (χ2n) is 4.10. The third-order valence-corrected chi connectivity index (χ3v) is 2.93. The van der Waals surface area contributed by atoms with Crippen LogP contribution in [-0.4, -0.2) is 22.2 Å². The first-order valence-electron chi connectivity index (χ1n) is 5.78. The maximum Gasteiger partial charge on any atom is 0.272 e. The molecule has 1 amide bonds. The smallest absolute Gasteiger partial charge is 0.272 e. The normalized spacial score (nSPS) is 11.9. The maximum absolute atomic E-state index is 13.5. The summed E-state index contributed by atoms with van der Waals surface area (Å²) in [5.74, 6) is -1.45. The van der Waals surface area contributed by atoms with Crippen molar-refractivity contribution in [3.63, 3.8) is 0 Å². The van der Waals surface area contributed by atoms with Crippen LogP contribution < -0.4 is 5.32 Å². The molecule has 104 valence electrons. The third-order valence-electron chi connectivity index (χ3n) is 2.47. The second-order valence-corrected chi connectivity index (χ2v) is 5.66. The van der Waals surface area contributed by atoms with E-state index in [0.29, 0.717) is 11.4 Å². The van der Waals surface area contributed by atoms with Crippen molar-refractivity contribution < 1.29 is 14.1 Å². The largest absolute Gasteiger partial charge is 0.352 e. The van der Waals surface area contributed by atoms with Crippen molar-refractivity contribution >= 4 is 27.5 Å². The van der Waals surface area contributed by atoms with Gasteiger partial charge in [0.1, 0.15) is 5.82 Å². The Morgan fingerprint density at radius 3 is 2.79 bits per heavy atom. The number of halogens is 2. The monoisotopic (exact) mass is 332 g/mol. The Morgan fingerprint density at radius 2 is 2.26 bits per heavy atom. The van der Waals surface area contributed by atoms with Crippen LogP contribution in [0.3, 0.4) is 0 Å². The number of nitrogens with one attached hydrogen (secondary N) is 1. The molecule has 1 N–H and O–H groups in total. The zero-order chi connectivity index (χ0) is 14.4. The van der Waals surface area contributed by atoms with E-state index in [2.05, 4.69) is 21.2 Å². The quantitative estimate of drug-likeness (QED) is 0.376. The number of hydrogen-bond acceptors (Lipinski definition) is 3. The highest BCUT2D eigenvalue weighted by atomic mass is 79.9. The minimum absolute atomic E-state index is 0.183. The van der Waals surface area contributed by atoms with Gasteiger partial charge in [-0.15, -0.1) is 0 Å². The number of non-ortho nitro benzene ring substituents is 1. The average molecular weight is 333 g/mol. The molecule has 0 radical (unpaired) electrons. The van der Waals surface area contributed by atoms with Crippen LogP contribution in [0.2, 0.25) is 0 Å². The lowest BCUT2D eigenvalue weighted by molar-refractivity contribution is -0.385. The van der Waals surface area contributed by atoms with Crippen molar-refractivity contribution in [3.05, 3.63) is 39.7 Å². The number of amides is 1. The molecule has 0 bridgehead atoms. The fourth-order valence-corrected chi connectivity index (χ4v) is 1.81. The maximum atomic E-state index is 13.5. The lowest BCUT2D eigenvalue weighted by Crippen LogP contribution is -2.25. The highest BCUT2D eigenvalue weighted by Gasteiger charge is 2.15. The SMILES string of the molecule is CC(Br)CCCNC(=O)c1ccc([N+](=O)[O-])cc1F. The lowest BCUT2D eigenvalue weighted by atomic mass is 10.1. The molecule has 1 aromatic rings. The standard InChI is InChI=1S/C12H14BrFN2O3/c1-8(13)3-2-6-15-12(17)10-5-4-9(16(18)19)7-11(10)14/h4-5,7-8H,2-3,6H2,1H3,(H,15,17). The fourth-order valence-electron chi connectivity index (χ4n) is 1.48. The summed E-state index contributed by atoms with van der Waals surface area (Å²) < 4.78 is 13.5. The van der Waals surface area contributed by atoms with Crippen LogP contribution in [0.5, 0.6) is 0 Å². The van der Waals surface area contributed by atoms with Gasteiger partial charge in [-0.3, -0.25) is 14.9 Å². The van der Waals surface area contributed by atoms with Gasteiger partial charge < -0.3 is 5.32 Å². The number of carbonyl (C=O) groups excluding carboxylic acids is 1. The third kappa shape index (κ3) is 4.94. The summed E-state index contributed by atoms with van der Waals surface area (Å²) >= 11 is 3.38. The predicted molar refractivity (Wildman–Crippen MR) is 73.0 cm³/mol. The zero-order valence-electron chi connectivity index (χ0n) is 10.4. The number of alkyl halides is 1. The van der Waals surface area contributed by atoms with Crippen molar-refractivity contribution in [3.8, 4) is 0 Å². The minimum Gasteiger partial charge on any atom is -0.352 e. The molecule has 7 heteroatoms. The van der Waals surface area contributed by atoms with E-state index in [0.717, 1.165) is 31.0 Å². The Balaban J connectivity index is 2.60. The predicted octanol–water partition coefficient (Wildman–Crippen LogP) is 3.03. The van der Waals surface area contributed by atoms with Gasteiger partial charge in [0.15, 0.2) is 0 Å². The number of nitro groups is 1. The minimum atomic E-state index is -0.888. The summed E-state index contributed by atoms with van der Waals surface area (Å²) in [6.45, 7) is 2.43. The lowest BCUT2D eigenvalue weighted by Gasteiger charge is -2.07. The van der Waals surface area contributed by atoms with Crippen LogP contribution in [0.25, 0.3) is 0 Å². The van der Waals surface area contributed by atoms with E-state index in [1.165, 1.54) is 0 Å². The fraction of sp³-hybridized carbons (Fsp3) is 0.417. The number of rotatable bonds is 6. The molecule has 1 aromatic carbocycles. The zero-order valence-corrected chi connectivity index (χ0v) is 11.9. The van der Waals surface area contributed by atoms with Crippen molar-refractivity contribution in [2.75, 3.05) is 6.54 Å². The van der Waals surface area contributed by atoms with E-state index in [1.54, 1.807) is 0 Å². The molecule has 0 aliphatic heterocycles. The van der Waals surface area contributed by atoms with Gasteiger partial charge in [-0.2, -0.15) is 0 Å². The van der Waals surface area contributed by atoms with Gasteiger partial charge in [-0.25, -0.2) is 4.39 Å². The molecule has 0 fully saturated rings. The molecular weight excluding hydrogens is 319 g/mol. The first-order valence-corrected chi connectivity index (χ1v) is 6.69. The summed E-state index contributed by atoms with van der Waals surface area (Å²) in [6, 6.07) is 2.98. The average Bonchev–Trinajstić information content (AvgIpc) is 2.33. The Morgan fingerprint density at radius 1 is 1.58 bits per heavy atom. The number of hydrogen-bond donors (Lipinski definition) is 1. The summed E-state index contributed by atoms with van der Waals surface area (Å²) in [6.07, 6.45) is 1.66. The van der Waals surface area contributed by atoms with Gasteiger partial charge >= 0.3 is 0 Å². The number of carbonyl (C=O) groups is 1. The molecule has 1 atom stereocenters. The van der Waals surface area contributed by atoms with Gasteiger partial charge in [-0.05, 0) is 18.9 Å². The summed E-state index contributed by atoms with van der Waals surface area (Å²) in [5.41, 5.74) is -0.556. The molecule has 1 rings (SSSR count). The Labute approximate surface area is 118 Å². The van der Waals surface area contributed by atoms with E-state index in [1.807, 2.05) is 6.92 Å². The summed E-state index contributed by atoms with van der Waals surface area (Å²) in [7, 11) is 0. The van der Waals surface area contributed by atoms with Crippen molar-refractivity contribution in [1.82, 2.24) is 5.32 Å². The van der Waals surface area contributed by atoms with E-state index in [4.69, 9.17) is 0 Å². The van der Waals surface area contributed by atoms with E-state index in [9.17, 15) is 19.3 Å². The van der Waals surface area contributed by atoms with E-state index in [-0.39, 0.29) is 11.3 Å². The van der Waals surface area contributed by atoms with Crippen molar-refractivity contribution in [1.29, 1.82) is 0 Å². The Bertz CT molecular complexity index is 480. The molecule has 0 heterocycles. The number of nitrogens with zero attached hydrogens (tertiary/aromatic N) is 1. The Hall–Kier alpha value is -1.50. The van der Waals surface area contributed by atoms with Gasteiger partial charge in [-0.1, -0.05) is 22.9 Å². The van der Waals surface area contributed by atoms with Crippen LogP contribution in [0.4, 0.5) is 10.1 Å². The highest BCUT2D eigenvalue weighted by molar-refractivity contribution is 9.09. The molecule has 0 aliphatic carbocycles. The molecule has 0 aromatic heterocycles. The van der Waals surface area contributed by atoms with Gasteiger partial charge in [0.2, 0.25) is 0 Å². The first kappa shape index (κ1) is 15.6. The van der Waals surface area contributed by atoms with E-state index >= 15 is 0 Å². The molecule has 1 unspecified atom stereocenters. The molecule has 0 saturated heterocycles. The van der Waals surface area contributed by atoms with Crippen LogP contribution in [0.15, 0.2) is 18.2 Å². The van der Waals surface area contributed by atoms with Crippen LogP contribution in [0.1, 0.15) is 30.1 Å². The van der Waals surface area contributed by atoms with Crippen molar-refractivity contribution in [2.45, 2.75) is 24.6 Å². The summed E-state index contributed by atoms with van der Waals surface area (Å²) in [4.78, 5) is 21.8. The van der Waals surface area contributed by atoms with E-state index < -0.39 is 16.6 Å². The van der Waals surface area contributed by atoms with Crippen LogP contribution >= 0.6 is 15.9 Å². The molecule has 0 aliphatic rings. The second kappa shape index (κ2) is 7.18. The number of benzene rings is 1. The molecule has 19 heavy (non-hydrogen) atoms. The van der Waals surface area contributed by atoms with Crippen LogP contribution in [0, 0.1) is 15.9 Å². The van der Waals surface area contributed by atoms with Gasteiger partial charge in [0.25, 0.3) is 11.6 Å². The van der Waals surface area contributed by atoms with Crippen LogP contribution in [-0.2, 0) is 0 Å². The Kier molecular flexibility index (Phi) is 5.88. The highest BCUT2D eigenvalue weighted by Crippen LogP contribution is 2.16. The molecule has 0 spiro atoms. The number of nitro benzene ring substituents is 1. The first-order chi connectivity index (χ1) is 8.91. The van der Waals surface area contributed by atoms with Crippen molar-refractivity contribution in [2.24, 2.45) is 0 Å². The molecular formula is C12H14BrFN2O3.